The molecular weight excluding hydrogens is 315 g/mol. The van der Waals surface area contributed by atoms with E-state index in [0.717, 1.165) is 11.5 Å². The summed E-state index contributed by atoms with van der Waals surface area (Å²) in [5.41, 5.74) is 0.418. The predicted molar refractivity (Wildman–Crippen MR) is 88.9 cm³/mol. The molecule has 0 aliphatic carbocycles. The number of thioether (sulfide) groups is 1. The van der Waals surface area contributed by atoms with Gasteiger partial charge in [-0.15, -0.1) is 0 Å². The number of nitrogens with zero attached hydrogens (tertiary/aromatic N) is 3. The lowest BCUT2D eigenvalue weighted by Gasteiger charge is -2.29. The van der Waals surface area contributed by atoms with Gasteiger partial charge in [0.2, 0.25) is 0 Å². The number of imidazole rings is 1. The van der Waals surface area contributed by atoms with Crippen LogP contribution < -0.4 is 5.32 Å². The van der Waals surface area contributed by atoms with Crippen molar-refractivity contribution in [3.05, 3.63) is 53.9 Å². The first-order chi connectivity index (χ1) is 11.2. The van der Waals surface area contributed by atoms with Crippen LogP contribution in [0.2, 0.25) is 0 Å². The fourth-order valence-electron chi connectivity index (χ4n) is 2.63. The Morgan fingerprint density at radius 3 is 2.74 bits per heavy atom. The number of carbonyl (C=O) groups is 1. The average Bonchev–Trinajstić information content (AvgIpc) is 3.00. The number of rotatable bonds is 3. The number of amides is 2. The van der Waals surface area contributed by atoms with Crippen molar-refractivity contribution in [1.29, 1.82) is 0 Å². The molecule has 2 heterocycles. The maximum absolute atomic E-state index is 14.3. The standard InChI is InChI=1S/C16H19FN4OS/c1-20-7-6-18-15(20)14(12-4-2-3-5-13(12)17)19-16(22)21-8-10-23-11-9-21/h2-7,14H,8-11H2,1H3,(H,19,22). The Labute approximate surface area is 138 Å². The summed E-state index contributed by atoms with van der Waals surface area (Å²) < 4.78 is 16.0. The molecule has 1 aromatic heterocycles. The van der Waals surface area contributed by atoms with Crippen LogP contribution in [0.25, 0.3) is 0 Å². The van der Waals surface area contributed by atoms with Crippen molar-refractivity contribution < 1.29 is 9.18 Å². The van der Waals surface area contributed by atoms with Crippen LogP contribution >= 0.6 is 11.8 Å². The molecule has 3 rings (SSSR count). The summed E-state index contributed by atoms with van der Waals surface area (Å²) in [7, 11) is 1.83. The maximum atomic E-state index is 14.3. The second-order valence-electron chi connectivity index (χ2n) is 5.40. The molecule has 1 atom stereocenters. The molecule has 7 heteroatoms. The van der Waals surface area contributed by atoms with E-state index in [-0.39, 0.29) is 11.8 Å². The number of hydrogen-bond acceptors (Lipinski definition) is 3. The number of urea groups is 1. The van der Waals surface area contributed by atoms with Crippen molar-refractivity contribution in [1.82, 2.24) is 19.8 Å². The van der Waals surface area contributed by atoms with Gasteiger partial charge in [-0.1, -0.05) is 18.2 Å². The quantitative estimate of drug-likeness (QED) is 0.938. The van der Waals surface area contributed by atoms with Crippen molar-refractivity contribution in [2.24, 2.45) is 7.05 Å². The van der Waals surface area contributed by atoms with Gasteiger partial charge in [0.1, 0.15) is 17.7 Å². The molecule has 1 aliphatic heterocycles. The Balaban J connectivity index is 1.88. The number of hydrogen-bond donors (Lipinski definition) is 1. The lowest BCUT2D eigenvalue weighted by atomic mass is 10.1. The highest BCUT2D eigenvalue weighted by molar-refractivity contribution is 7.99. The van der Waals surface area contributed by atoms with E-state index in [4.69, 9.17) is 0 Å². The van der Waals surface area contributed by atoms with Crippen molar-refractivity contribution in [3.63, 3.8) is 0 Å². The normalized spacial score (nSPS) is 16.2. The van der Waals surface area contributed by atoms with Gasteiger partial charge in [-0.25, -0.2) is 14.2 Å². The summed E-state index contributed by atoms with van der Waals surface area (Å²) in [6.07, 6.45) is 3.43. The van der Waals surface area contributed by atoms with Gasteiger partial charge in [0, 0.05) is 49.6 Å². The van der Waals surface area contributed by atoms with Gasteiger partial charge in [0.05, 0.1) is 0 Å². The Morgan fingerprint density at radius 2 is 2.09 bits per heavy atom. The average molecular weight is 334 g/mol. The van der Waals surface area contributed by atoms with Gasteiger partial charge >= 0.3 is 6.03 Å². The zero-order chi connectivity index (χ0) is 16.2. The van der Waals surface area contributed by atoms with Crippen LogP contribution in [0, 0.1) is 5.82 Å². The van der Waals surface area contributed by atoms with Crippen molar-refractivity contribution in [2.75, 3.05) is 24.6 Å². The second-order valence-corrected chi connectivity index (χ2v) is 6.62. The van der Waals surface area contributed by atoms with Gasteiger partial charge in [-0.05, 0) is 6.07 Å². The molecule has 1 N–H and O–H groups in total. The van der Waals surface area contributed by atoms with Crippen LogP contribution in [0.4, 0.5) is 9.18 Å². The van der Waals surface area contributed by atoms with E-state index < -0.39 is 6.04 Å². The van der Waals surface area contributed by atoms with Crippen LogP contribution in [0.3, 0.4) is 0 Å². The number of aryl methyl sites for hydroxylation is 1. The molecular formula is C16H19FN4OS. The van der Waals surface area contributed by atoms with E-state index in [9.17, 15) is 9.18 Å². The van der Waals surface area contributed by atoms with E-state index in [1.165, 1.54) is 6.07 Å². The van der Waals surface area contributed by atoms with E-state index in [1.807, 2.05) is 18.8 Å². The van der Waals surface area contributed by atoms with Crippen LogP contribution in [-0.2, 0) is 7.05 Å². The molecule has 1 aromatic carbocycles. The minimum atomic E-state index is -0.613. The molecule has 122 valence electrons. The highest BCUT2D eigenvalue weighted by atomic mass is 32.2. The lowest BCUT2D eigenvalue weighted by Crippen LogP contribution is -2.46. The fraction of sp³-hybridized carbons (Fsp3) is 0.375. The maximum Gasteiger partial charge on any atom is 0.318 e. The third kappa shape index (κ3) is 3.50. The summed E-state index contributed by atoms with van der Waals surface area (Å²) in [4.78, 5) is 18.6. The molecule has 1 aliphatic rings. The zero-order valence-electron chi connectivity index (χ0n) is 12.9. The Morgan fingerprint density at radius 1 is 1.35 bits per heavy atom. The lowest BCUT2D eigenvalue weighted by molar-refractivity contribution is 0.200. The van der Waals surface area contributed by atoms with Gasteiger partial charge in [-0.3, -0.25) is 0 Å². The van der Waals surface area contributed by atoms with Crippen LogP contribution in [0.5, 0.6) is 0 Å². The largest absolute Gasteiger partial charge is 0.336 e. The first-order valence-corrected chi connectivity index (χ1v) is 8.67. The number of aromatic nitrogens is 2. The molecule has 0 bridgehead atoms. The number of carbonyl (C=O) groups excluding carboxylic acids is 1. The molecule has 0 spiro atoms. The summed E-state index contributed by atoms with van der Waals surface area (Å²) in [5, 5.41) is 2.94. The Kier molecular flexibility index (Phi) is 4.85. The van der Waals surface area contributed by atoms with E-state index in [0.29, 0.717) is 24.5 Å². The summed E-state index contributed by atoms with van der Waals surface area (Å²) in [6.45, 7) is 1.42. The molecule has 2 aromatic rings. The van der Waals surface area contributed by atoms with Crippen LogP contribution in [-0.4, -0.2) is 45.1 Å². The summed E-state index contributed by atoms with van der Waals surface area (Å²) in [6, 6.07) is 5.69. The SMILES string of the molecule is Cn1ccnc1C(NC(=O)N1CCSCC1)c1ccccc1F. The molecule has 23 heavy (non-hydrogen) atoms. The number of benzene rings is 1. The molecule has 0 saturated carbocycles. The Bertz CT molecular complexity index is 684. The summed E-state index contributed by atoms with van der Waals surface area (Å²) in [5.74, 6) is 2.12. The highest BCUT2D eigenvalue weighted by Gasteiger charge is 2.26. The fourth-order valence-corrected chi connectivity index (χ4v) is 3.53. The molecule has 2 amide bonds. The predicted octanol–water partition coefficient (Wildman–Crippen LogP) is 2.41. The van der Waals surface area contributed by atoms with Crippen LogP contribution in [0.1, 0.15) is 17.4 Å². The molecule has 1 saturated heterocycles. The van der Waals surface area contributed by atoms with E-state index in [1.54, 1.807) is 40.1 Å². The minimum absolute atomic E-state index is 0.179. The van der Waals surface area contributed by atoms with Gasteiger partial charge < -0.3 is 14.8 Å². The Hall–Kier alpha value is -2.02. The van der Waals surface area contributed by atoms with Crippen molar-refractivity contribution in [2.45, 2.75) is 6.04 Å². The third-order valence-corrected chi connectivity index (χ3v) is 4.84. The second kappa shape index (κ2) is 7.04. The van der Waals surface area contributed by atoms with E-state index >= 15 is 0 Å². The van der Waals surface area contributed by atoms with E-state index in [2.05, 4.69) is 10.3 Å². The number of halogens is 1. The molecule has 1 unspecified atom stereocenters. The minimum Gasteiger partial charge on any atom is -0.336 e. The van der Waals surface area contributed by atoms with Crippen molar-refractivity contribution in [3.8, 4) is 0 Å². The highest BCUT2D eigenvalue weighted by Crippen LogP contribution is 2.23. The zero-order valence-corrected chi connectivity index (χ0v) is 13.7. The summed E-state index contributed by atoms with van der Waals surface area (Å²) >= 11 is 1.84. The van der Waals surface area contributed by atoms with Gasteiger partial charge in [-0.2, -0.15) is 11.8 Å². The third-order valence-electron chi connectivity index (χ3n) is 3.90. The topological polar surface area (TPSA) is 50.2 Å². The first kappa shape index (κ1) is 15.9. The van der Waals surface area contributed by atoms with Crippen LogP contribution in [0.15, 0.2) is 36.7 Å². The first-order valence-electron chi connectivity index (χ1n) is 7.51. The monoisotopic (exact) mass is 334 g/mol. The number of nitrogens with one attached hydrogen (secondary N) is 1. The smallest absolute Gasteiger partial charge is 0.318 e. The molecule has 1 fully saturated rings. The molecule has 0 radical (unpaired) electrons. The van der Waals surface area contributed by atoms with Gasteiger partial charge in [0.25, 0.3) is 0 Å². The van der Waals surface area contributed by atoms with Crippen molar-refractivity contribution >= 4 is 17.8 Å². The van der Waals surface area contributed by atoms with Gasteiger partial charge in [0.15, 0.2) is 0 Å². The molecule has 5 nitrogen and oxygen atoms in total.